The molecule has 0 aromatic heterocycles. The van der Waals surface area contributed by atoms with E-state index < -0.39 is 28.5 Å². The van der Waals surface area contributed by atoms with Crippen LogP contribution < -0.4 is 5.32 Å². The zero-order valence-corrected chi connectivity index (χ0v) is 16.1. The second-order valence-electron chi connectivity index (χ2n) is 7.19. The van der Waals surface area contributed by atoms with Crippen LogP contribution in [0, 0.1) is 11.3 Å². The topological polar surface area (TPSA) is 160 Å². The second-order valence-corrected chi connectivity index (χ2v) is 8.20. The molecular formula is C15H23N5O7S. The SMILES string of the molecule is CC(=O)N1CCC(C(=O)NC(=N)[C@@H]2CC[C@@H]3CN2C(=O)N3OS(=O)(=O)O)CC1. The maximum Gasteiger partial charge on any atom is 0.418 e. The molecule has 156 valence electrons. The Hall–Kier alpha value is -2.25. The zero-order valence-electron chi connectivity index (χ0n) is 15.3. The zero-order chi connectivity index (χ0) is 20.6. The van der Waals surface area contributed by atoms with Gasteiger partial charge in [-0.25, -0.2) is 4.79 Å². The van der Waals surface area contributed by atoms with Crippen molar-refractivity contribution in [3.63, 3.8) is 0 Å². The van der Waals surface area contributed by atoms with Gasteiger partial charge in [0, 0.05) is 32.5 Å². The minimum Gasteiger partial charge on any atom is -0.343 e. The van der Waals surface area contributed by atoms with Gasteiger partial charge in [0.05, 0.1) is 12.1 Å². The van der Waals surface area contributed by atoms with Gasteiger partial charge >= 0.3 is 16.4 Å². The first-order valence-corrected chi connectivity index (χ1v) is 10.3. The molecule has 0 aliphatic carbocycles. The third kappa shape index (κ3) is 4.25. The fourth-order valence-corrected chi connectivity index (χ4v) is 4.29. The Morgan fingerprint density at radius 2 is 1.86 bits per heavy atom. The summed E-state index contributed by atoms with van der Waals surface area (Å²) >= 11 is 0. The maximum absolute atomic E-state index is 12.5. The molecule has 12 nitrogen and oxygen atoms in total. The van der Waals surface area contributed by atoms with Crippen molar-refractivity contribution in [2.75, 3.05) is 19.6 Å². The van der Waals surface area contributed by atoms with E-state index in [1.165, 1.54) is 11.8 Å². The van der Waals surface area contributed by atoms with Crippen molar-refractivity contribution in [1.82, 2.24) is 20.2 Å². The average Bonchev–Trinajstić information content (AvgIpc) is 2.85. The van der Waals surface area contributed by atoms with Crippen LogP contribution in [0.5, 0.6) is 0 Å². The highest BCUT2D eigenvalue weighted by Crippen LogP contribution is 2.31. The number of hydrogen-bond donors (Lipinski definition) is 3. The van der Waals surface area contributed by atoms with Crippen molar-refractivity contribution in [2.24, 2.45) is 5.92 Å². The molecule has 4 amide bonds. The summed E-state index contributed by atoms with van der Waals surface area (Å²) in [5.74, 6) is -0.818. The Kier molecular flexibility index (Phi) is 5.59. The Labute approximate surface area is 162 Å². The molecule has 0 radical (unpaired) electrons. The molecule has 2 bridgehead atoms. The number of hydrogen-bond acceptors (Lipinski definition) is 7. The van der Waals surface area contributed by atoms with Crippen molar-refractivity contribution >= 4 is 34.1 Å². The maximum atomic E-state index is 12.5. The fraction of sp³-hybridized carbons (Fsp3) is 0.733. The number of amidine groups is 1. The van der Waals surface area contributed by atoms with Crippen molar-refractivity contribution < 1.29 is 31.6 Å². The molecule has 0 spiro atoms. The van der Waals surface area contributed by atoms with Gasteiger partial charge in [0.2, 0.25) is 11.8 Å². The summed E-state index contributed by atoms with van der Waals surface area (Å²) in [6.07, 6.45) is 1.72. The molecule has 28 heavy (non-hydrogen) atoms. The number of rotatable bonds is 4. The van der Waals surface area contributed by atoms with Gasteiger partial charge in [0.25, 0.3) is 0 Å². The molecule has 3 saturated heterocycles. The number of amides is 4. The number of fused-ring (bicyclic) bond motifs is 2. The molecule has 3 heterocycles. The summed E-state index contributed by atoms with van der Waals surface area (Å²) in [6, 6.07) is -2.04. The third-order valence-electron chi connectivity index (χ3n) is 5.40. The molecule has 3 aliphatic heterocycles. The van der Waals surface area contributed by atoms with E-state index in [1.54, 1.807) is 4.90 Å². The summed E-state index contributed by atoms with van der Waals surface area (Å²) in [4.78, 5) is 39.1. The first-order chi connectivity index (χ1) is 13.1. The molecule has 0 unspecified atom stereocenters. The number of carbonyl (C=O) groups is 3. The van der Waals surface area contributed by atoms with E-state index >= 15 is 0 Å². The highest BCUT2D eigenvalue weighted by Gasteiger charge is 2.48. The van der Waals surface area contributed by atoms with Crippen LogP contribution >= 0.6 is 0 Å². The number of carbonyl (C=O) groups excluding carboxylic acids is 3. The lowest BCUT2D eigenvalue weighted by atomic mass is 9.95. The van der Waals surface area contributed by atoms with E-state index in [0.717, 1.165) is 0 Å². The Morgan fingerprint density at radius 3 is 2.43 bits per heavy atom. The molecule has 3 N–H and O–H groups in total. The highest BCUT2D eigenvalue weighted by molar-refractivity contribution is 7.80. The summed E-state index contributed by atoms with van der Waals surface area (Å²) in [5.41, 5.74) is 0. The lowest BCUT2D eigenvalue weighted by Crippen LogP contribution is -2.52. The quantitative estimate of drug-likeness (QED) is 0.311. The van der Waals surface area contributed by atoms with E-state index in [1.807, 2.05) is 0 Å². The summed E-state index contributed by atoms with van der Waals surface area (Å²) in [5, 5.41) is 11.4. The average molecular weight is 417 g/mol. The Morgan fingerprint density at radius 1 is 1.21 bits per heavy atom. The van der Waals surface area contributed by atoms with Crippen molar-refractivity contribution in [3.05, 3.63) is 0 Å². The fourth-order valence-electron chi connectivity index (χ4n) is 3.91. The number of piperidine rings is 2. The van der Waals surface area contributed by atoms with Crippen LogP contribution in [0.3, 0.4) is 0 Å². The molecule has 0 aromatic rings. The van der Waals surface area contributed by atoms with Gasteiger partial charge in [-0.3, -0.25) is 19.6 Å². The van der Waals surface area contributed by atoms with Crippen LogP contribution in [-0.2, 0) is 24.3 Å². The minimum absolute atomic E-state index is 0.0347. The molecule has 3 rings (SSSR count). The number of nitrogens with zero attached hydrogens (tertiary/aromatic N) is 3. The highest BCUT2D eigenvalue weighted by atomic mass is 32.3. The van der Waals surface area contributed by atoms with E-state index in [4.69, 9.17) is 9.96 Å². The van der Waals surface area contributed by atoms with Gasteiger partial charge in [0.1, 0.15) is 5.84 Å². The number of likely N-dealkylation sites (tertiary alicyclic amines) is 1. The standard InChI is InChI=1S/C15H23N5O7S/c1-9(21)18-6-4-10(5-7-18)14(22)17-13(16)12-3-2-11-8-19(12)15(23)20(11)27-28(24,25)26/h10-12H,2-8H2,1H3,(H2,16,17,22)(H,24,25,26)/t11-,12+/m1/s1. The van der Waals surface area contributed by atoms with E-state index in [9.17, 15) is 22.8 Å². The molecule has 3 aliphatic rings. The van der Waals surface area contributed by atoms with Gasteiger partial charge < -0.3 is 15.1 Å². The van der Waals surface area contributed by atoms with Gasteiger partial charge in [-0.1, -0.05) is 0 Å². The molecular weight excluding hydrogens is 394 g/mol. The smallest absolute Gasteiger partial charge is 0.343 e. The third-order valence-corrected chi connectivity index (χ3v) is 5.75. The normalized spacial score (nSPS) is 25.8. The summed E-state index contributed by atoms with van der Waals surface area (Å²) in [7, 11) is -4.83. The second kappa shape index (κ2) is 7.64. The van der Waals surface area contributed by atoms with E-state index in [2.05, 4.69) is 9.60 Å². The van der Waals surface area contributed by atoms with Crippen molar-refractivity contribution in [3.8, 4) is 0 Å². The van der Waals surface area contributed by atoms with Crippen molar-refractivity contribution in [1.29, 1.82) is 5.41 Å². The predicted octanol–water partition coefficient (Wildman–Crippen LogP) is -0.659. The Balaban J connectivity index is 1.58. The largest absolute Gasteiger partial charge is 0.418 e. The van der Waals surface area contributed by atoms with Gasteiger partial charge in [-0.2, -0.15) is 13.5 Å². The van der Waals surface area contributed by atoms with Crippen molar-refractivity contribution in [2.45, 2.75) is 44.7 Å². The first-order valence-electron chi connectivity index (χ1n) is 8.98. The van der Waals surface area contributed by atoms with Gasteiger partial charge in [-0.15, -0.1) is 4.28 Å². The van der Waals surface area contributed by atoms with Crippen LogP contribution in [0.2, 0.25) is 0 Å². The van der Waals surface area contributed by atoms with Crippen LogP contribution in [0.1, 0.15) is 32.6 Å². The van der Waals surface area contributed by atoms with Crippen LogP contribution in [0.15, 0.2) is 0 Å². The first kappa shape index (κ1) is 20.5. The van der Waals surface area contributed by atoms with E-state index in [0.29, 0.717) is 43.8 Å². The number of urea groups is 1. The summed E-state index contributed by atoms with van der Waals surface area (Å²) in [6.45, 7) is 2.58. The van der Waals surface area contributed by atoms with Crippen LogP contribution in [0.4, 0.5) is 4.79 Å². The predicted molar refractivity (Wildman–Crippen MR) is 94.2 cm³/mol. The lowest BCUT2D eigenvalue weighted by Gasteiger charge is -2.33. The van der Waals surface area contributed by atoms with Gasteiger partial charge in [0.15, 0.2) is 0 Å². The summed E-state index contributed by atoms with van der Waals surface area (Å²) < 4.78 is 35.0. The van der Waals surface area contributed by atoms with Gasteiger partial charge in [-0.05, 0) is 25.7 Å². The molecule has 13 heteroatoms. The van der Waals surface area contributed by atoms with Crippen LogP contribution in [0.25, 0.3) is 0 Å². The lowest BCUT2D eigenvalue weighted by molar-refractivity contribution is -0.133. The number of nitrogens with one attached hydrogen (secondary N) is 2. The van der Waals surface area contributed by atoms with E-state index in [-0.39, 0.29) is 30.1 Å². The molecule has 0 aromatic carbocycles. The van der Waals surface area contributed by atoms with Crippen LogP contribution in [-0.4, -0.2) is 83.2 Å². The Bertz CT molecular complexity index is 793. The molecule has 0 saturated carbocycles. The molecule has 2 atom stereocenters. The molecule has 3 fully saturated rings. The minimum atomic E-state index is -4.83. The monoisotopic (exact) mass is 417 g/mol. The number of hydroxylamine groups is 2.